The zero-order valence-corrected chi connectivity index (χ0v) is 9.08. The van der Waals surface area contributed by atoms with Crippen LogP contribution in [0.5, 0.6) is 0 Å². The van der Waals surface area contributed by atoms with Crippen molar-refractivity contribution in [2.24, 2.45) is 0 Å². The van der Waals surface area contributed by atoms with E-state index >= 15 is 0 Å². The first-order valence-electron chi connectivity index (χ1n) is 5.32. The summed E-state index contributed by atoms with van der Waals surface area (Å²) in [6.07, 6.45) is 8.75. The van der Waals surface area contributed by atoms with Crippen molar-refractivity contribution >= 4 is 0 Å². The van der Waals surface area contributed by atoms with Gasteiger partial charge in [-0.1, -0.05) is 0 Å². The van der Waals surface area contributed by atoms with Gasteiger partial charge in [-0.05, 0) is 35.9 Å². The van der Waals surface area contributed by atoms with Crippen molar-refractivity contribution in [3.8, 4) is 22.4 Å². The van der Waals surface area contributed by atoms with Crippen LogP contribution in [0.15, 0.2) is 65.9 Å². The van der Waals surface area contributed by atoms with Gasteiger partial charge in [0, 0.05) is 29.7 Å². The van der Waals surface area contributed by atoms with E-state index in [1.54, 1.807) is 24.9 Å². The summed E-state index contributed by atoms with van der Waals surface area (Å²) in [5, 5.41) is 0. The Labute approximate surface area is 98.8 Å². The second kappa shape index (κ2) is 4.22. The minimum atomic E-state index is 0.914. The Hall–Kier alpha value is -2.42. The molecule has 3 heteroatoms. The summed E-state index contributed by atoms with van der Waals surface area (Å²) < 4.78 is 5.08. The first-order chi connectivity index (χ1) is 8.43. The summed E-state index contributed by atoms with van der Waals surface area (Å²) in [4.78, 5) is 8.44. The second-order valence-electron chi connectivity index (χ2n) is 3.68. The lowest BCUT2D eigenvalue weighted by atomic mass is 10.1. The highest BCUT2D eigenvalue weighted by Gasteiger charge is 2.03. The number of pyridine rings is 2. The summed E-state index contributed by atoms with van der Waals surface area (Å²) in [6.45, 7) is 0. The van der Waals surface area contributed by atoms with Gasteiger partial charge >= 0.3 is 0 Å². The van der Waals surface area contributed by atoms with E-state index in [9.17, 15) is 0 Å². The van der Waals surface area contributed by atoms with E-state index in [1.165, 1.54) is 0 Å². The maximum absolute atomic E-state index is 5.08. The van der Waals surface area contributed by atoms with Crippen LogP contribution in [-0.2, 0) is 0 Å². The molecule has 17 heavy (non-hydrogen) atoms. The number of rotatable bonds is 2. The molecule has 0 aromatic carbocycles. The molecular formula is C14H10N2O. The largest absolute Gasteiger partial charge is 0.472 e. The molecule has 0 bridgehead atoms. The monoisotopic (exact) mass is 222 g/mol. The summed E-state index contributed by atoms with van der Waals surface area (Å²) >= 11 is 0. The fourth-order valence-corrected chi connectivity index (χ4v) is 1.71. The van der Waals surface area contributed by atoms with Crippen molar-refractivity contribution in [2.45, 2.75) is 0 Å². The lowest BCUT2D eigenvalue weighted by Crippen LogP contribution is -1.85. The van der Waals surface area contributed by atoms with Gasteiger partial charge in [0.2, 0.25) is 0 Å². The molecule has 0 saturated heterocycles. The van der Waals surface area contributed by atoms with Crippen LogP contribution in [0, 0.1) is 0 Å². The van der Waals surface area contributed by atoms with Gasteiger partial charge < -0.3 is 4.42 Å². The van der Waals surface area contributed by atoms with Gasteiger partial charge in [-0.2, -0.15) is 0 Å². The predicted octanol–water partition coefficient (Wildman–Crippen LogP) is 3.40. The zero-order valence-electron chi connectivity index (χ0n) is 9.08. The minimum absolute atomic E-state index is 0.914. The third-order valence-corrected chi connectivity index (χ3v) is 2.57. The Balaban J connectivity index is 2.06. The van der Waals surface area contributed by atoms with Crippen molar-refractivity contribution in [3.63, 3.8) is 0 Å². The van der Waals surface area contributed by atoms with Crippen LogP contribution in [-0.4, -0.2) is 9.97 Å². The van der Waals surface area contributed by atoms with Gasteiger partial charge in [-0.25, -0.2) is 0 Å². The van der Waals surface area contributed by atoms with Crippen LogP contribution < -0.4 is 0 Å². The average Bonchev–Trinajstić information content (AvgIpc) is 2.94. The van der Waals surface area contributed by atoms with Crippen LogP contribution in [0.3, 0.4) is 0 Å². The number of furan rings is 1. The molecule has 0 saturated carbocycles. The maximum Gasteiger partial charge on any atom is 0.0980 e. The highest BCUT2D eigenvalue weighted by Crippen LogP contribution is 2.24. The molecule has 0 atom stereocenters. The number of aromatic nitrogens is 2. The fraction of sp³-hybridized carbons (Fsp3) is 0. The van der Waals surface area contributed by atoms with Crippen LogP contribution >= 0.6 is 0 Å². The maximum atomic E-state index is 5.08. The van der Waals surface area contributed by atoms with Crippen molar-refractivity contribution in [2.75, 3.05) is 0 Å². The van der Waals surface area contributed by atoms with Crippen LogP contribution in [0.2, 0.25) is 0 Å². The highest BCUT2D eigenvalue weighted by atomic mass is 16.3. The molecule has 0 aliphatic carbocycles. The molecule has 3 aromatic rings. The molecule has 3 heterocycles. The van der Waals surface area contributed by atoms with E-state index in [2.05, 4.69) is 9.97 Å². The van der Waals surface area contributed by atoms with Crippen molar-refractivity contribution in [1.82, 2.24) is 9.97 Å². The molecule has 0 radical (unpaired) electrons. The predicted molar refractivity (Wildman–Crippen MR) is 65.2 cm³/mol. The molecule has 3 rings (SSSR count). The Morgan fingerprint density at radius 2 is 1.94 bits per heavy atom. The fourth-order valence-electron chi connectivity index (χ4n) is 1.71. The average molecular weight is 222 g/mol. The van der Waals surface area contributed by atoms with Gasteiger partial charge in [0.05, 0.1) is 18.2 Å². The SMILES string of the molecule is c1cncc(-c2cc(-c3ccoc3)ccn2)c1. The number of hydrogen-bond acceptors (Lipinski definition) is 3. The minimum Gasteiger partial charge on any atom is -0.472 e. The van der Waals surface area contributed by atoms with Crippen molar-refractivity contribution < 1.29 is 4.42 Å². The molecule has 3 nitrogen and oxygen atoms in total. The number of hydrogen-bond donors (Lipinski definition) is 0. The zero-order chi connectivity index (χ0) is 11.5. The molecule has 3 aromatic heterocycles. The quantitative estimate of drug-likeness (QED) is 0.667. The summed E-state index contributed by atoms with van der Waals surface area (Å²) in [7, 11) is 0. The van der Waals surface area contributed by atoms with Gasteiger partial charge in [-0.3, -0.25) is 9.97 Å². The molecule has 0 spiro atoms. The van der Waals surface area contributed by atoms with E-state index in [1.807, 2.05) is 36.5 Å². The molecule has 82 valence electrons. The first kappa shape index (κ1) is 9.78. The highest BCUT2D eigenvalue weighted by molar-refractivity contribution is 5.69. The third-order valence-electron chi connectivity index (χ3n) is 2.57. The first-order valence-corrected chi connectivity index (χ1v) is 5.32. The Kier molecular flexibility index (Phi) is 2.43. The van der Waals surface area contributed by atoms with Gasteiger partial charge in [0.15, 0.2) is 0 Å². The van der Waals surface area contributed by atoms with Gasteiger partial charge in [0.1, 0.15) is 0 Å². The molecule has 0 aliphatic heterocycles. The van der Waals surface area contributed by atoms with Gasteiger partial charge in [0.25, 0.3) is 0 Å². The van der Waals surface area contributed by atoms with Crippen LogP contribution in [0.1, 0.15) is 0 Å². The smallest absolute Gasteiger partial charge is 0.0980 e. The Morgan fingerprint density at radius 3 is 2.71 bits per heavy atom. The van der Waals surface area contributed by atoms with E-state index in [-0.39, 0.29) is 0 Å². The lowest BCUT2D eigenvalue weighted by molar-refractivity contribution is 0.568. The van der Waals surface area contributed by atoms with E-state index in [0.29, 0.717) is 0 Å². The molecule has 0 N–H and O–H groups in total. The topological polar surface area (TPSA) is 38.9 Å². The van der Waals surface area contributed by atoms with E-state index in [4.69, 9.17) is 4.42 Å². The van der Waals surface area contributed by atoms with Crippen LogP contribution in [0.4, 0.5) is 0 Å². The standard InChI is InChI=1S/C14H10N2O/c1-2-12(9-15-5-1)14-8-11(3-6-16-14)13-4-7-17-10-13/h1-10H. The summed E-state index contributed by atoms with van der Waals surface area (Å²) in [6, 6.07) is 9.82. The molecule has 0 aliphatic rings. The molecular weight excluding hydrogens is 212 g/mol. The third kappa shape index (κ3) is 1.95. The Bertz CT molecular complexity index is 603. The number of nitrogens with zero attached hydrogens (tertiary/aromatic N) is 2. The molecule has 0 unspecified atom stereocenters. The van der Waals surface area contributed by atoms with Crippen molar-refractivity contribution in [1.29, 1.82) is 0 Å². The second-order valence-corrected chi connectivity index (χ2v) is 3.68. The Morgan fingerprint density at radius 1 is 0.941 bits per heavy atom. The molecule has 0 fully saturated rings. The van der Waals surface area contributed by atoms with E-state index < -0.39 is 0 Å². The van der Waals surface area contributed by atoms with Crippen LogP contribution in [0.25, 0.3) is 22.4 Å². The van der Waals surface area contributed by atoms with Gasteiger partial charge in [-0.15, -0.1) is 0 Å². The molecule has 0 amide bonds. The summed E-state index contributed by atoms with van der Waals surface area (Å²) in [5.74, 6) is 0. The lowest BCUT2D eigenvalue weighted by Gasteiger charge is -2.02. The normalized spacial score (nSPS) is 10.4. The van der Waals surface area contributed by atoms with Crippen molar-refractivity contribution in [3.05, 3.63) is 61.4 Å². The summed E-state index contributed by atoms with van der Waals surface area (Å²) in [5.41, 5.74) is 4.07. The van der Waals surface area contributed by atoms with E-state index in [0.717, 1.165) is 22.4 Å².